The van der Waals surface area contributed by atoms with Crippen molar-refractivity contribution in [2.45, 2.75) is 20.8 Å². The maximum absolute atomic E-state index is 14.7. The smallest absolute Gasteiger partial charge is 0.232 e. The Morgan fingerprint density at radius 3 is 2.41 bits per heavy atom. The normalized spacial score (nSPS) is 13.8. The van der Waals surface area contributed by atoms with E-state index in [4.69, 9.17) is 0 Å². The number of aromatic nitrogens is 3. The summed E-state index contributed by atoms with van der Waals surface area (Å²) in [5.74, 6) is -0.138. The van der Waals surface area contributed by atoms with Gasteiger partial charge in [0.15, 0.2) is 5.82 Å². The maximum Gasteiger partial charge on any atom is 0.232 e. The lowest BCUT2D eigenvalue weighted by molar-refractivity contribution is -0.114. The van der Waals surface area contributed by atoms with Gasteiger partial charge in [-0.3, -0.25) is 4.79 Å². The van der Waals surface area contributed by atoms with Gasteiger partial charge in [0.05, 0.1) is 11.4 Å². The highest BCUT2D eigenvalue weighted by Gasteiger charge is 2.20. The van der Waals surface area contributed by atoms with E-state index in [0.29, 0.717) is 5.95 Å². The highest BCUT2D eigenvalue weighted by molar-refractivity contribution is 5.89. The molecule has 0 atom stereocenters. The van der Waals surface area contributed by atoms with E-state index >= 15 is 0 Å². The number of carbonyl (C=O) groups excluding carboxylic acids is 1. The van der Waals surface area contributed by atoms with E-state index < -0.39 is 5.82 Å². The van der Waals surface area contributed by atoms with Gasteiger partial charge in [-0.15, -0.1) is 0 Å². The van der Waals surface area contributed by atoms with Gasteiger partial charge in [0.2, 0.25) is 17.8 Å². The second-order valence-electron chi connectivity index (χ2n) is 7.83. The molecule has 1 saturated heterocycles. The molecular weight excluding hydrogens is 409 g/mol. The van der Waals surface area contributed by atoms with Crippen LogP contribution >= 0.6 is 0 Å². The second-order valence-corrected chi connectivity index (χ2v) is 7.83. The zero-order valence-electron chi connectivity index (χ0n) is 18.4. The fourth-order valence-corrected chi connectivity index (χ4v) is 3.62. The summed E-state index contributed by atoms with van der Waals surface area (Å²) >= 11 is 0. The molecule has 0 spiro atoms. The zero-order valence-corrected chi connectivity index (χ0v) is 18.4. The highest BCUT2D eigenvalue weighted by atomic mass is 19.1. The Hall–Kier alpha value is -3.75. The molecule has 2 aromatic carbocycles. The Kier molecular flexibility index (Phi) is 6.16. The van der Waals surface area contributed by atoms with Crippen LogP contribution in [0.1, 0.15) is 18.1 Å². The van der Waals surface area contributed by atoms with Gasteiger partial charge >= 0.3 is 0 Å². The first-order chi connectivity index (χ1) is 15.4. The topological polar surface area (TPSA) is 86.3 Å². The Balaban J connectivity index is 1.44. The first-order valence-electron chi connectivity index (χ1n) is 10.5. The summed E-state index contributed by atoms with van der Waals surface area (Å²) in [6.45, 7) is 8.81. The van der Waals surface area contributed by atoms with Gasteiger partial charge in [0, 0.05) is 38.8 Å². The molecule has 3 aromatic rings. The van der Waals surface area contributed by atoms with Gasteiger partial charge in [-0.05, 0) is 49.2 Å². The predicted molar refractivity (Wildman–Crippen MR) is 124 cm³/mol. The first-order valence-corrected chi connectivity index (χ1v) is 10.5. The largest absolute Gasteiger partial charge is 0.368 e. The molecule has 2 heterocycles. The predicted octanol–water partition coefficient (Wildman–Crippen LogP) is 3.66. The van der Waals surface area contributed by atoms with E-state index in [2.05, 4.69) is 67.4 Å². The van der Waals surface area contributed by atoms with Crippen molar-refractivity contribution >= 4 is 34.9 Å². The Morgan fingerprint density at radius 2 is 1.69 bits per heavy atom. The molecule has 1 amide bonds. The van der Waals surface area contributed by atoms with E-state index in [1.165, 1.54) is 36.1 Å². The van der Waals surface area contributed by atoms with Crippen molar-refractivity contribution in [1.82, 2.24) is 15.0 Å². The number of piperazine rings is 1. The molecule has 2 N–H and O–H groups in total. The van der Waals surface area contributed by atoms with E-state index in [1.807, 2.05) is 0 Å². The van der Waals surface area contributed by atoms with Crippen molar-refractivity contribution in [2.75, 3.05) is 46.6 Å². The lowest BCUT2D eigenvalue weighted by Crippen LogP contribution is -2.47. The first kappa shape index (κ1) is 21.5. The van der Waals surface area contributed by atoms with Crippen LogP contribution in [0.5, 0.6) is 0 Å². The second kappa shape index (κ2) is 9.17. The fraction of sp³-hybridized carbons (Fsp3) is 0.304. The minimum absolute atomic E-state index is 0.0965. The Bertz CT molecular complexity index is 1130. The number of nitrogens with zero attached hydrogens (tertiary/aromatic N) is 5. The molecular formula is C23H26FN7O. The Morgan fingerprint density at radius 1 is 0.969 bits per heavy atom. The average molecular weight is 436 g/mol. The number of halogens is 1. The van der Waals surface area contributed by atoms with Crippen LogP contribution in [-0.4, -0.2) is 47.0 Å². The van der Waals surface area contributed by atoms with Gasteiger partial charge in [-0.2, -0.15) is 4.98 Å². The van der Waals surface area contributed by atoms with Crippen LogP contribution in [0.15, 0.2) is 42.7 Å². The standard InChI is InChI=1S/C23H26FN7O/c1-15-7-8-18(13-16(15)2)30-9-11-31(12-10-30)23-26-14-25-22(29-23)28-20-6-4-5-19(21(20)24)27-17(3)32/h4-8,13-14H,9-12H2,1-3H3,(H,27,32)(H,25,26,28,29). The van der Waals surface area contributed by atoms with Crippen molar-refractivity contribution < 1.29 is 9.18 Å². The third-order valence-electron chi connectivity index (χ3n) is 5.53. The summed E-state index contributed by atoms with van der Waals surface area (Å²) in [5.41, 5.74) is 4.07. The summed E-state index contributed by atoms with van der Waals surface area (Å²) in [4.78, 5) is 28.6. The Labute approximate surface area is 186 Å². The molecule has 0 bridgehead atoms. The van der Waals surface area contributed by atoms with Crippen LogP contribution in [0.25, 0.3) is 0 Å². The van der Waals surface area contributed by atoms with Crippen LogP contribution in [0.2, 0.25) is 0 Å². The minimum Gasteiger partial charge on any atom is -0.368 e. The summed E-state index contributed by atoms with van der Waals surface area (Å²) in [7, 11) is 0. The molecule has 1 fully saturated rings. The number of aryl methyl sites for hydroxylation is 2. The zero-order chi connectivity index (χ0) is 22.7. The van der Waals surface area contributed by atoms with E-state index in [1.54, 1.807) is 12.1 Å². The molecule has 9 heteroatoms. The minimum atomic E-state index is -0.577. The number of amides is 1. The molecule has 0 unspecified atom stereocenters. The van der Waals surface area contributed by atoms with Crippen LogP contribution in [0, 0.1) is 19.7 Å². The molecule has 0 radical (unpaired) electrons. The quantitative estimate of drug-likeness (QED) is 0.633. The van der Waals surface area contributed by atoms with Crippen LogP contribution in [-0.2, 0) is 4.79 Å². The van der Waals surface area contributed by atoms with Gasteiger partial charge in [0.1, 0.15) is 6.33 Å². The summed E-state index contributed by atoms with van der Waals surface area (Å²) in [6, 6.07) is 11.2. The molecule has 4 rings (SSSR count). The summed E-state index contributed by atoms with van der Waals surface area (Å²) in [6.07, 6.45) is 1.41. The van der Waals surface area contributed by atoms with Crippen LogP contribution < -0.4 is 20.4 Å². The van der Waals surface area contributed by atoms with Gasteiger partial charge in [-0.25, -0.2) is 14.4 Å². The molecule has 0 saturated carbocycles. The van der Waals surface area contributed by atoms with E-state index in [-0.39, 0.29) is 23.2 Å². The number of hydrogen-bond acceptors (Lipinski definition) is 7. The van der Waals surface area contributed by atoms with Crippen molar-refractivity contribution in [1.29, 1.82) is 0 Å². The third-order valence-corrected chi connectivity index (χ3v) is 5.53. The fourth-order valence-electron chi connectivity index (χ4n) is 3.62. The number of hydrogen-bond donors (Lipinski definition) is 2. The summed E-state index contributed by atoms with van der Waals surface area (Å²) in [5, 5.41) is 5.35. The average Bonchev–Trinajstić information content (AvgIpc) is 2.78. The van der Waals surface area contributed by atoms with E-state index in [0.717, 1.165) is 26.2 Å². The van der Waals surface area contributed by atoms with Crippen LogP contribution in [0.4, 0.5) is 33.3 Å². The molecule has 1 aliphatic heterocycles. The molecule has 0 aliphatic carbocycles. The SMILES string of the molecule is CC(=O)Nc1cccc(Nc2ncnc(N3CCN(c4ccc(C)c(C)c4)CC3)n2)c1F. The number of nitrogens with one attached hydrogen (secondary N) is 2. The molecule has 166 valence electrons. The number of rotatable bonds is 5. The maximum atomic E-state index is 14.7. The van der Waals surface area contributed by atoms with Gasteiger partial charge < -0.3 is 20.4 Å². The number of benzene rings is 2. The molecule has 8 nitrogen and oxygen atoms in total. The van der Waals surface area contributed by atoms with Gasteiger partial charge in [-0.1, -0.05) is 12.1 Å². The van der Waals surface area contributed by atoms with Crippen LogP contribution in [0.3, 0.4) is 0 Å². The number of anilines is 5. The summed E-state index contributed by atoms with van der Waals surface area (Å²) < 4.78 is 14.7. The van der Waals surface area contributed by atoms with Crippen molar-refractivity contribution in [3.63, 3.8) is 0 Å². The van der Waals surface area contributed by atoms with Crippen molar-refractivity contribution in [2.24, 2.45) is 0 Å². The lowest BCUT2D eigenvalue weighted by Gasteiger charge is -2.36. The highest BCUT2D eigenvalue weighted by Crippen LogP contribution is 2.25. The molecule has 32 heavy (non-hydrogen) atoms. The third kappa shape index (κ3) is 4.77. The number of carbonyl (C=O) groups is 1. The lowest BCUT2D eigenvalue weighted by atomic mass is 10.1. The monoisotopic (exact) mass is 435 g/mol. The molecule has 1 aliphatic rings. The van der Waals surface area contributed by atoms with Crippen molar-refractivity contribution in [3.8, 4) is 0 Å². The van der Waals surface area contributed by atoms with Gasteiger partial charge in [0.25, 0.3) is 0 Å². The van der Waals surface area contributed by atoms with E-state index in [9.17, 15) is 9.18 Å². The van der Waals surface area contributed by atoms with Crippen molar-refractivity contribution in [3.05, 3.63) is 59.7 Å². The molecule has 1 aromatic heterocycles.